The van der Waals surface area contributed by atoms with Gasteiger partial charge in [-0.1, -0.05) is 53.8 Å². The maximum atomic E-state index is 12.7. The van der Waals surface area contributed by atoms with Gasteiger partial charge in [0.2, 0.25) is 5.13 Å². The number of carbonyl (C=O) groups excluding carboxylic acids is 1. The van der Waals surface area contributed by atoms with Crippen molar-refractivity contribution in [2.45, 2.75) is 44.2 Å². The third-order valence-electron chi connectivity index (χ3n) is 5.13. The zero-order valence-electron chi connectivity index (χ0n) is 15.0. The Morgan fingerprint density at radius 1 is 1.15 bits per heavy atom. The largest absolute Gasteiger partial charge is 0.363 e. The van der Waals surface area contributed by atoms with Crippen LogP contribution in [0.1, 0.15) is 43.0 Å². The van der Waals surface area contributed by atoms with Gasteiger partial charge in [-0.05, 0) is 31.0 Å². The van der Waals surface area contributed by atoms with Crippen LogP contribution < -0.4 is 10.2 Å². The lowest BCUT2D eigenvalue weighted by Gasteiger charge is -2.22. The number of amides is 2. The quantitative estimate of drug-likeness (QED) is 0.730. The summed E-state index contributed by atoms with van der Waals surface area (Å²) in [5.74, 6) is 0.474. The summed E-state index contributed by atoms with van der Waals surface area (Å²) < 4.78 is 0. The van der Waals surface area contributed by atoms with Crippen LogP contribution in [0, 0.1) is 0 Å². The van der Waals surface area contributed by atoms with Gasteiger partial charge < -0.3 is 10.2 Å². The van der Waals surface area contributed by atoms with E-state index in [1.165, 1.54) is 30.6 Å². The second kappa shape index (κ2) is 7.81. The second-order valence-electron chi connectivity index (χ2n) is 7.08. The SMILES string of the molecule is CN1CC(Nc2ccc(Cl)c(Cl)c2)N(c2nnc(C3CCCCC3)s2)C1=O. The number of carbonyl (C=O) groups is 1. The van der Waals surface area contributed by atoms with E-state index in [1.807, 2.05) is 6.07 Å². The molecular weight excluding hydrogens is 405 g/mol. The van der Waals surface area contributed by atoms with Crippen LogP contribution in [-0.4, -0.2) is 40.9 Å². The number of hydrogen-bond acceptors (Lipinski definition) is 5. The molecule has 2 amide bonds. The molecule has 1 atom stereocenters. The first kappa shape index (κ1) is 18.8. The Morgan fingerprint density at radius 3 is 2.67 bits per heavy atom. The highest BCUT2D eigenvalue weighted by Gasteiger charge is 2.39. The zero-order valence-corrected chi connectivity index (χ0v) is 17.3. The maximum Gasteiger partial charge on any atom is 0.328 e. The molecule has 1 unspecified atom stereocenters. The molecule has 144 valence electrons. The van der Waals surface area contributed by atoms with Crippen molar-refractivity contribution in [2.24, 2.45) is 0 Å². The van der Waals surface area contributed by atoms with E-state index in [-0.39, 0.29) is 12.2 Å². The minimum Gasteiger partial charge on any atom is -0.363 e. The normalized spacial score (nSPS) is 21.1. The average Bonchev–Trinajstić information content (AvgIpc) is 3.24. The van der Waals surface area contributed by atoms with E-state index in [2.05, 4.69) is 15.5 Å². The molecule has 1 saturated carbocycles. The van der Waals surface area contributed by atoms with Crippen molar-refractivity contribution in [1.82, 2.24) is 15.1 Å². The minimum absolute atomic E-state index is 0.0843. The molecule has 1 saturated heterocycles. The predicted molar refractivity (Wildman–Crippen MR) is 110 cm³/mol. The lowest BCUT2D eigenvalue weighted by molar-refractivity contribution is 0.229. The van der Waals surface area contributed by atoms with Crippen molar-refractivity contribution in [3.05, 3.63) is 33.3 Å². The number of nitrogens with zero attached hydrogens (tertiary/aromatic N) is 4. The number of nitrogens with one attached hydrogen (secondary N) is 1. The van der Waals surface area contributed by atoms with Crippen molar-refractivity contribution in [1.29, 1.82) is 0 Å². The summed E-state index contributed by atoms with van der Waals surface area (Å²) in [7, 11) is 1.79. The highest BCUT2D eigenvalue weighted by molar-refractivity contribution is 7.15. The molecule has 0 radical (unpaired) electrons. The molecule has 27 heavy (non-hydrogen) atoms. The van der Waals surface area contributed by atoms with Crippen LogP contribution in [0.4, 0.5) is 15.6 Å². The summed E-state index contributed by atoms with van der Waals surface area (Å²) in [4.78, 5) is 16.1. The lowest BCUT2D eigenvalue weighted by Crippen LogP contribution is -2.39. The van der Waals surface area contributed by atoms with E-state index in [4.69, 9.17) is 23.2 Å². The van der Waals surface area contributed by atoms with Crippen LogP contribution in [0.15, 0.2) is 18.2 Å². The van der Waals surface area contributed by atoms with E-state index < -0.39 is 0 Å². The predicted octanol–water partition coefficient (Wildman–Crippen LogP) is 5.20. The third kappa shape index (κ3) is 3.86. The van der Waals surface area contributed by atoms with Crippen LogP contribution in [0.25, 0.3) is 0 Å². The van der Waals surface area contributed by atoms with Gasteiger partial charge in [-0.2, -0.15) is 0 Å². The molecule has 9 heteroatoms. The molecule has 2 aliphatic rings. The summed E-state index contributed by atoms with van der Waals surface area (Å²) in [6.07, 6.45) is 5.86. The topological polar surface area (TPSA) is 61.4 Å². The van der Waals surface area contributed by atoms with Crippen molar-refractivity contribution in [3.63, 3.8) is 0 Å². The molecule has 6 nitrogen and oxygen atoms in total. The highest BCUT2D eigenvalue weighted by Crippen LogP contribution is 2.37. The van der Waals surface area contributed by atoms with Gasteiger partial charge >= 0.3 is 6.03 Å². The summed E-state index contributed by atoms with van der Waals surface area (Å²) in [6, 6.07) is 5.27. The van der Waals surface area contributed by atoms with E-state index >= 15 is 0 Å². The molecule has 2 fully saturated rings. The smallest absolute Gasteiger partial charge is 0.328 e. The van der Waals surface area contributed by atoms with E-state index in [9.17, 15) is 4.79 Å². The molecule has 1 N–H and O–H groups in total. The van der Waals surface area contributed by atoms with Crippen molar-refractivity contribution < 1.29 is 4.79 Å². The van der Waals surface area contributed by atoms with Crippen LogP contribution in [0.5, 0.6) is 0 Å². The molecule has 1 aromatic carbocycles. The molecular formula is C18H21Cl2N5OS. The molecule has 2 aromatic rings. The average molecular weight is 426 g/mol. The van der Waals surface area contributed by atoms with Gasteiger partial charge in [-0.25, -0.2) is 9.69 Å². The Bertz CT molecular complexity index is 839. The summed E-state index contributed by atoms with van der Waals surface area (Å²) in [5, 5.41) is 14.8. The number of halogens is 2. The molecule has 0 bridgehead atoms. The number of rotatable bonds is 4. The van der Waals surface area contributed by atoms with Crippen LogP contribution in [0.2, 0.25) is 10.0 Å². The molecule has 2 heterocycles. The van der Waals surface area contributed by atoms with Crippen molar-refractivity contribution in [3.8, 4) is 0 Å². The van der Waals surface area contributed by atoms with Gasteiger partial charge in [-0.15, -0.1) is 10.2 Å². The summed E-state index contributed by atoms with van der Waals surface area (Å²) in [6.45, 7) is 0.539. The number of aromatic nitrogens is 2. The van der Waals surface area contributed by atoms with Gasteiger partial charge in [-0.3, -0.25) is 0 Å². The van der Waals surface area contributed by atoms with Gasteiger partial charge in [0.1, 0.15) is 11.2 Å². The fourth-order valence-corrected chi connectivity index (χ4v) is 5.03. The van der Waals surface area contributed by atoms with Crippen molar-refractivity contribution in [2.75, 3.05) is 23.8 Å². The van der Waals surface area contributed by atoms with Gasteiger partial charge in [0.15, 0.2) is 0 Å². The Morgan fingerprint density at radius 2 is 1.93 bits per heavy atom. The summed E-state index contributed by atoms with van der Waals surface area (Å²) >= 11 is 13.6. The minimum atomic E-state index is -0.244. The third-order valence-corrected chi connectivity index (χ3v) is 6.96. The number of hydrogen-bond donors (Lipinski definition) is 1. The van der Waals surface area contributed by atoms with Crippen LogP contribution in [0.3, 0.4) is 0 Å². The van der Waals surface area contributed by atoms with E-state index in [0.29, 0.717) is 27.6 Å². The number of anilines is 2. The second-order valence-corrected chi connectivity index (χ2v) is 8.88. The molecule has 4 rings (SSSR count). The van der Waals surface area contributed by atoms with E-state index in [1.54, 1.807) is 29.0 Å². The van der Waals surface area contributed by atoms with Crippen molar-refractivity contribution >= 4 is 51.4 Å². The maximum absolute atomic E-state index is 12.7. The fourth-order valence-electron chi connectivity index (χ4n) is 3.68. The molecule has 1 aliphatic heterocycles. The highest BCUT2D eigenvalue weighted by atomic mass is 35.5. The molecule has 1 aliphatic carbocycles. The van der Waals surface area contributed by atoms with Gasteiger partial charge in [0, 0.05) is 18.7 Å². The monoisotopic (exact) mass is 425 g/mol. The molecule has 1 aromatic heterocycles. The Balaban J connectivity index is 1.56. The first-order chi connectivity index (χ1) is 13.0. The number of urea groups is 1. The number of benzene rings is 1. The Hall–Kier alpha value is -1.57. The standard InChI is InChI=1S/C18H21Cl2N5OS/c1-24-10-15(21-12-7-8-13(19)14(20)9-12)25(18(24)26)17-23-22-16(27-17)11-5-3-2-4-6-11/h7-9,11,15,21H,2-6,10H2,1H3. The lowest BCUT2D eigenvalue weighted by atomic mass is 9.90. The zero-order chi connectivity index (χ0) is 19.0. The molecule has 0 spiro atoms. The van der Waals surface area contributed by atoms with E-state index in [0.717, 1.165) is 23.5 Å². The van der Waals surface area contributed by atoms with Crippen LogP contribution in [-0.2, 0) is 0 Å². The Kier molecular flexibility index (Phi) is 5.43. The number of likely N-dealkylation sites (N-methyl/N-ethyl adjacent to an activating group) is 1. The fraction of sp³-hybridized carbons (Fsp3) is 0.500. The van der Waals surface area contributed by atoms with Gasteiger partial charge in [0.05, 0.1) is 16.6 Å². The van der Waals surface area contributed by atoms with Crippen LogP contribution >= 0.6 is 34.5 Å². The Labute approximate surface area is 172 Å². The first-order valence-electron chi connectivity index (χ1n) is 9.12. The first-order valence-corrected chi connectivity index (χ1v) is 10.7. The summed E-state index contributed by atoms with van der Waals surface area (Å²) in [5.41, 5.74) is 0.805. The van der Waals surface area contributed by atoms with Gasteiger partial charge in [0.25, 0.3) is 0 Å².